The first-order valence-electron chi connectivity index (χ1n) is 9.16. The normalized spacial score (nSPS) is 14.6. The van der Waals surface area contributed by atoms with Crippen molar-refractivity contribution in [3.8, 4) is 11.5 Å². The Hall–Kier alpha value is -1.71. The molecule has 3 N–H and O–H groups in total. The smallest absolute Gasteiger partial charge is 0.220 e. The number of benzene rings is 1. The summed E-state index contributed by atoms with van der Waals surface area (Å²) in [6.07, 6.45) is 3.49. The molecule has 1 aromatic carbocycles. The van der Waals surface area contributed by atoms with Crippen LogP contribution in [-0.2, 0) is 4.79 Å². The number of rotatable bonds is 10. The number of para-hydroxylation sites is 2. The summed E-state index contributed by atoms with van der Waals surface area (Å²) in [4.78, 5) is 15.8. The number of amides is 1. The minimum atomic E-state index is -0.0610. The zero-order valence-corrected chi connectivity index (χ0v) is 18.6. The van der Waals surface area contributed by atoms with Gasteiger partial charge in [-0.25, -0.2) is 0 Å². The third kappa shape index (κ3) is 9.16. The van der Waals surface area contributed by atoms with Gasteiger partial charge in [0.15, 0.2) is 17.5 Å². The maximum atomic E-state index is 11.6. The van der Waals surface area contributed by atoms with Crippen molar-refractivity contribution in [1.82, 2.24) is 16.0 Å². The monoisotopic (exact) mass is 490 g/mol. The average molecular weight is 490 g/mol. The van der Waals surface area contributed by atoms with Crippen molar-refractivity contribution >= 4 is 35.8 Å². The van der Waals surface area contributed by atoms with Gasteiger partial charge in [0.25, 0.3) is 0 Å². The van der Waals surface area contributed by atoms with Gasteiger partial charge >= 0.3 is 0 Å². The Kier molecular flexibility index (Phi) is 10.9. The van der Waals surface area contributed by atoms with Crippen LogP contribution >= 0.6 is 24.0 Å². The van der Waals surface area contributed by atoms with E-state index in [2.05, 4.69) is 20.9 Å². The van der Waals surface area contributed by atoms with Crippen LogP contribution in [0.2, 0.25) is 0 Å². The first-order chi connectivity index (χ1) is 12.6. The summed E-state index contributed by atoms with van der Waals surface area (Å²) in [5.41, 5.74) is 0. The lowest BCUT2D eigenvalue weighted by Gasteiger charge is -2.19. The van der Waals surface area contributed by atoms with Crippen LogP contribution in [-0.4, -0.2) is 51.3 Å². The first-order valence-corrected chi connectivity index (χ1v) is 9.16. The van der Waals surface area contributed by atoms with Crippen LogP contribution in [0.3, 0.4) is 0 Å². The van der Waals surface area contributed by atoms with Crippen LogP contribution < -0.4 is 25.4 Å². The number of ether oxygens (including phenoxy) is 2. The zero-order chi connectivity index (χ0) is 18.8. The van der Waals surface area contributed by atoms with E-state index in [4.69, 9.17) is 9.47 Å². The van der Waals surface area contributed by atoms with Crippen LogP contribution in [0, 0.1) is 0 Å². The SMILES string of the molecule is CN=C(NCCCC(=O)NC1CC1)NCC(C)Oc1ccccc1OC.I. The molecular weight excluding hydrogens is 459 g/mol. The van der Waals surface area contributed by atoms with Gasteiger partial charge in [-0.05, 0) is 38.3 Å². The predicted molar refractivity (Wildman–Crippen MR) is 118 cm³/mol. The fourth-order valence-corrected chi connectivity index (χ4v) is 2.42. The lowest BCUT2D eigenvalue weighted by Crippen LogP contribution is -2.42. The van der Waals surface area contributed by atoms with Crippen LogP contribution in [0.15, 0.2) is 29.3 Å². The van der Waals surface area contributed by atoms with Gasteiger partial charge in [-0.3, -0.25) is 9.79 Å². The van der Waals surface area contributed by atoms with E-state index in [9.17, 15) is 4.79 Å². The third-order valence-electron chi connectivity index (χ3n) is 3.99. The standard InChI is InChI=1S/C19H30N4O3.HI/c1-14(26-17-8-5-4-7-16(17)25-3)13-22-19(20-2)21-12-6-9-18(24)23-15-10-11-15;/h4-5,7-8,14-15H,6,9-13H2,1-3H3,(H,23,24)(H2,20,21,22);1H. The summed E-state index contributed by atoms with van der Waals surface area (Å²) in [6.45, 7) is 3.27. The molecule has 7 nitrogen and oxygen atoms in total. The molecule has 152 valence electrons. The lowest BCUT2D eigenvalue weighted by atomic mass is 10.3. The largest absolute Gasteiger partial charge is 0.493 e. The van der Waals surface area contributed by atoms with Crippen molar-refractivity contribution in [2.24, 2.45) is 4.99 Å². The molecule has 1 amide bonds. The van der Waals surface area contributed by atoms with Crippen LogP contribution in [0.5, 0.6) is 11.5 Å². The van der Waals surface area contributed by atoms with Crippen LogP contribution in [0.25, 0.3) is 0 Å². The maximum absolute atomic E-state index is 11.6. The highest BCUT2D eigenvalue weighted by Gasteiger charge is 2.22. The fourth-order valence-electron chi connectivity index (χ4n) is 2.42. The summed E-state index contributed by atoms with van der Waals surface area (Å²) < 4.78 is 11.2. The van der Waals surface area contributed by atoms with E-state index >= 15 is 0 Å². The number of methoxy groups -OCH3 is 1. The van der Waals surface area contributed by atoms with Crippen molar-refractivity contribution in [2.75, 3.05) is 27.2 Å². The van der Waals surface area contributed by atoms with Crippen molar-refractivity contribution in [3.05, 3.63) is 24.3 Å². The Morgan fingerprint density at radius 3 is 2.59 bits per heavy atom. The van der Waals surface area contributed by atoms with Crippen LogP contribution in [0.4, 0.5) is 0 Å². The maximum Gasteiger partial charge on any atom is 0.220 e. The van der Waals surface area contributed by atoms with E-state index in [-0.39, 0.29) is 36.0 Å². The van der Waals surface area contributed by atoms with E-state index in [1.165, 1.54) is 0 Å². The molecule has 0 saturated heterocycles. The van der Waals surface area contributed by atoms with E-state index in [0.717, 1.165) is 19.3 Å². The number of hydrogen-bond acceptors (Lipinski definition) is 4. The second-order valence-electron chi connectivity index (χ2n) is 6.40. The molecule has 27 heavy (non-hydrogen) atoms. The highest BCUT2D eigenvalue weighted by molar-refractivity contribution is 14.0. The van der Waals surface area contributed by atoms with E-state index in [0.29, 0.717) is 43.0 Å². The molecule has 1 atom stereocenters. The first kappa shape index (κ1) is 23.3. The van der Waals surface area contributed by atoms with Gasteiger partial charge in [-0.15, -0.1) is 24.0 Å². The topological polar surface area (TPSA) is 84.0 Å². The Bertz CT molecular complexity index is 608. The van der Waals surface area contributed by atoms with E-state index in [1.807, 2.05) is 31.2 Å². The van der Waals surface area contributed by atoms with Crippen molar-refractivity contribution in [3.63, 3.8) is 0 Å². The quantitative estimate of drug-likeness (QED) is 0.203. The highest BCUT2D eigenvalue weighted by atomic mass is 127. The second-order valence-corrected chi connectivity index (χ2v) is 6.40. The lowest BCUT2D eigenvalue weighted by molar-refractivity contribution is -0.121. The molecule has 1 unspecified atom stereocenters. The number of hydrogen-bond donors (Lipinski definition) is 3. The number of nitrogens with one attached hydrogen (secondary N) is 3. The Labute approximate surface area is 178 Å². The Balaban J connectivity index is 0.00000364. The summed E-state index contributed by atoms with van der Waals surface area (Å²) in [5, 5.41) is 9.43. The van der Waals surface area contributed by atoms with E-state index < -0.39 is 0 Å². The fraction of sp³-hybridized carbons (Fsp3) is 0.579. The van der Waals surface area contributed by atoms with Gasteiger partial charge in [0, 0.05) is 26.1 Å². The number of carbonyl (C=O) groups is 1. The van der Waals surface area contributed by atoms with Gasteiger partial charge in [0.2, 0.25) is 5.91 Å². The highest BCUT2D eigenvalue weighted by Crippen LogP contribution is 2.26. The van der Waals surface area contributed by atoms with Gasteiger partial charge in [-0.1, -0.05) is 12.1 Å². The summed E-state index contributed by atoms with van der Waals surface area (Å²) in [5.74, 6) is 2.26. The number of aliphatic imine (C=N–C) groups is 1. The second kappa shape index (κ2) is 12.6. The van der Waals surface area contributed by atoms with Gasteiger partial charge in [0.05, 0.1) is 13.7 Å². The number of halogens is 1. The molecule has 0 radical (unpaired) electrons. The number of nitrogens with zero attached hydrogens (tertiary/aromatic N) is 1. The molecule has 1 aromatic rings. The molecule has 1 fully saturated rings. The van der Waals surface area contributed by atoms with Crippen LogP contribution in [0.1, 0.15) is 32.6 Å². The third-order valence-corrected chi connectivity index (χ3v) is 3.99. The average Bonchev–Trinajstić information content (AvgIpc) is 3.45. The van der Waals surface area contributed by atoms with Gasteiger partial charge in [-0.2, -0.15) is 0 Å². The van der Waals surface area contributed by atoms with Crippen molar-refractivity contribution in [2.45, 2.75) is 44.8 Å². The molecule has 0 bridgehead atoms. The molecule has 0 spiro atoms. The predicted octanol–water partition coefficient (Wildman–Crippen LogP) is 2.30. The van der Waals surface area contributed by atoms with E-state index in [1.54, 1.807) is 14.2 Å². The molecule has 0 heterocycles. The van der Waals surface area contributed by atoms with Crippen molar-refractivity contribution in [1.29, 1.82) is 0 Å². The van der Waals surface area contributed by atoms with Crippen molar-refractivity contribution < 1.29 is 14.3 Å². The molecule has 0 aliphatic heterocycles. The minimum Gasteiger partial charge on any atom is -0.493 e. The Morgan fingerprint density at radius 2 is 1.96 bits per heavy atom. The molecule has 0 aromatic heterocycles. The molecule has 8 heteroatoms. The molecule has 2 rings (SSSR count). The summed E-state index contributed by atoms with van der Waals surface area (Å²) >= 11 is 0. The molecule has 1 aliphatic carbocycles. The Morgan fingerprint density at radius 1 is 1.26 bits per heavy atom. The zero-order valence-electron chi connectivity index (χ0n) is 16.3. The number of carbonyl (C=O) groups excluding carboxylic acids is 1. The molecule has 1 saturated carbocycles. The van der Waals surface area contributed by atoms with Gasteiger partial charge in [0.1, 0.15) is 6.10 Å². The molecule has 1 aliphatic rings. The molecular formula is C19H31IN4O3. The summed E-state index contributed by atoms with van der Waals surface area (Å²) in [6, 6.07) is 8.00. The summed E-state index contributed by atoms with van der Waals surface area (Å²) in [7, 11) is 3.35. The van der Waals surface area contributed by atoms with Gasteiger partial charge < -0.3 is 25.4 Å². The number of guanidine groups is 1. The minimum absolute atomic E-state index is 0.